The molecule has 9 heteroatoms. The van der Waals surface area contributed by atoms with Gasteiger partial charge >= 0.3 is 6.18 Å². The summed E-state index contributed by atoms with van der Waals surface area (Å²) in [7, 11) is 1.84. The molecule has 156 valence electrons. The van der Waals surface area contributed by atoms with Gasteiger partial charge in [-0.1, -0.05) is 24.3 Å². The van der Waals surface area contributed by atoms with E-state index in [4.69, 9.17) is 0 Å². The molecule has 0 aliphatic heterocycles. The topological polar surface area (TPSA) is 63.1 Å². The van der Waals surface area contributed by atoms with Crippen molar-refractivity contribution in [2.45, 2.75) is 25.1 Å². The number of alkyl halides is 3. The number of amides is 1. The van der Waals surface area contributed by atoms with Crippen LogP contribution in [0.1, 0.15) is 29.2 Å². The molecule has 0 bridgehead atoms. The second kappa shape index (κ2) is 7.91. The van der Waals surface area contributed by atoms with E-state index in [-0.39, 0.29) is 18.3 Å². The first-order chi connectivity index (χ1) is 14.3. The van der Waals surface area contributed by atoms with Crippen molar-refractivity contribution >= 4 is 11.6 Å². The number of fused-ring (bicyclic) bond motifs is 1. The fourth-order valence-corrected chi connectivity index (χ4v) is 3.86. The third-order valence-corrected chi connectivity index (χ3v) is 5.29. The molecule has 1 aliphatic carbocycles. The van der Waals surface area contributed by atoms with E-state index in [1.165, 1.54) is 34.5 Å². The SMILES string of the molecule is CN(CC(=O)Nc1cc(C(F)(F)F)ccc1-n1cncn1)[C@@H]1CCc2ccccc21. The van der Waals surface area contributed by atoms with Crippen LogP contribution in [0.25, 0.3) is 5.69 Å². The van der Waals surface area contributed by atoms with Crippen LogP contribution in [0.15, 0.2) is 55.1 Å². The zero-order valence-corrected chi connectivity index (χ0v) is 16.2. The van der Waals surface area contributed by atoms with Crippen molar-refractivity contribution in [3.63, 3.8) is 0 Å². The lowest BCUT2D eigenvalue weighted by molar-refractivity contribution is -0.137. The first-order valence-electron chi connectivity index (χ1n) is 9.47. The Labute approximate surface area is 171 Å². The largest absolute Gasteiger partial charge is 0.416 e. The number of carbonyl (C=O) groups is 1. The Bertz CT molecular complexity index is 1050. The van der Waals surface area contributed by atoms with E-state index in [2.05, 4.69) is 27.5 Å². The number of aromatic nitrogens is 3. The molecule has 1 atom stereocenters. The molecule has 3 aromatic rings. The van der Waals surface area contributed by atoms with Gasteiger partial charge in [-0.2, -0.15) is 18.3 Å². The normalized spacial score (nSPS) is 16.0. The molecule has 0 saturated heterocycles. The van der Waals surface area contributed by atoms with E-state index in [0.717, 1.165) is 25.0 Å². The minimum absolute atomic E-state index is 0.0283. The predicted molar refractivity (Wildman–Crippen MR) is 105 cm³/mol. The molecular formula is C21H20F3N5O. The summed E-state index contributed by atoms with van der Waals surface area (Å²) >= 11 is 0. The number of halogens is 3. The summed E-state index contributed by atoms with van der Waals surface area (Å²) < 4.78 is 40.8. The van der Waals surface area contributed by atoms with Crippen LogP contribution in [-0.2, 0) is 17.4 Å². The van der Waals surface area contributed by atoms with Gasteiger partial charge in [0.2, 0.25) is 5.91 Å². The number of anilines is 1. The summed E-state index contributed by atoms with van der Waals surface area (Å²) in [6, 6.07) is 11.3. The Kier molecular flexibility index (Phi) is 5.29. The van der Waals surface area contributed by atoms with Gasteiger partial charge in [-0.15, -0.1) is 0 Å². The molecule has 30 heavy (non-hydrogen) atoms. The van der Waals surface area contributed by atoms with Crippen molar-refractivity contribution < 1.29 is 18.0 Å². The number of benzene rings is 2. The average molecular weight is 415 g/mol. The van der Waals surface area contributed by atoms with Crippen molar-refractivity contribution in [1.82, 2.24) is 19.7 Å². The number of aryl methyl sites for hydroxylation is 1. The molecule has 1 amide bonds. The Morgan fingerprint density at radius 2 is 2.07 bits per heavy atom. The highest BCUT2D eigenvalue weighted by molar-refractivity contribution is 5.94. The lowest BCUT2D eigenvalue weighted by atomic mass is 10.1. The predicted octanol–water partition coefficient (Wildman–Crippen LogP) is 3.84. The molecule has 1 heterocycles. The van der Waals surface area contributed by atoms with E-state index in [1.54, 1.807) is 0 Å². The third kappa shape index (κ3) is 4.06. The maximum Gasteiger partial charge on any atom is 0.416 e. The zero-order valence-electron chi connectivity index (χ0n) is 16.2. The molecule has 0 saturated carbocycles. The molecule has 0 radical (unpaired) electrons. The maximum atomic E-state index is 13.2. The van der Waals surface area contributed by atoms with Gasteiger partial charge in [0.1, 0.15) is 12.7 Å². The zero-order chi connectivity index (χ0) is 21.3. The van der Waals surface area contributed by atoms with Gasteiger partial charge in [0.15, 0.2) is 0 Å². The number of nitrogens with one attached hydrogen (secondary N) is 1. The first kappa shape index (κ1) is 20.1. The van der Waals surface area contributed by atoms with Crippen LogP contribution in [0.3, 0.4) is 0 Å². The summed E-state index contributed by atoms with van der Waals surface area (Å²) in [6.07, 6.45) is -0.0487. The Morgan fingerprint density at radius 1 is 1.27 bits per heavy atom. The standard InChI is InChI=1S/C21H20F3N5O/c1-28(18-8-6-14-4-2-3-5-16(14)18)11-20(30)27-17-10-15(21(22,23)24)7-9-19(17)29-13-25-12-26-29/h2-5,7,9-10,12-13,18H,6,8,11H2,1H3,(H,27,30)/t18-/m1/s1. The summed E-state index contributed by atoms with van der Waals surface area (Å²) in [4.78, 5) is 18.4. The fourth-order valence-electron chi connectivity index (χ4n) is 3.86. The minimum Gasteiger partial charge on any atom is -0.323 e. The second-order valence-corrected chi connectivity index (χ2v) is 7.29. The lowest BCUT2D eigenvalue weighted by Gasteiger charge is -2.25. The number of carbonyl (C=O) groups excluding carboxylic acids is 1. The van der Waals surface area contributed by atoms with Crippen molar-refractivity contribution in [2.24, 2.45) is 0 Å². The molecular weight excluding hydrogens is 395 g/mol. The second-order valence-electron chi connectivity index (χ2n) is 7.29. The molecule has 2 aromatic carbocycles. The molecule has 0 unspecified atom stereocenters. The van der Waals surface area contributed by atoms with Crippen LogP contribution in [0.2, 0.25) is 0 Å². The highest BCUT2D eigenvalue weighted by Gasteiger charge is 2.32. The average Bonchev–Trinajstić information content (AvgIpc) is 3.37. The van der Waals surface area contributed by atoms with Crippen molar-refractivity contribution in [2.75, 3.05) is 18.9 Å². The Morgan fingerprint density at radius 3 is 2.80 bits per heavy atom. The maximum absolute atomic E-state index is 13.2. The van der Waals surface area contributed by atoms with Crippen LogP contribution in [0.4, 0.5) is 18.9 Å². The molecule has 6 nitrogen and oxygen atoms in total. The lowest BCUT2D eigenvalue weighted by Crippen LogP contribution is -2.32. The third-order valence-electron chi connectivity index (χ3n) is 5.29. The molecule has 4 rings (SSSR count). The summed E-state index contributed by atoms with van der Waals surface area (Å²) in [5.41, 5.74) is 1.94. The van der Waals surface area contributed by atoms with Gasteiger partial charge in [-0.3, -0.25) is 9.69 Å². The number of likely N-dealkylation sites (N-methyl/N-ethyl adjacent to an activating group) is 1. The summed E-state index contributed by atoms with van der Waals surface area (Å²) in [6.45, 7) is 0.0477. The van der Waals surface area contributed by atoms with Crippen LogP contribution >= 0.6 is 0 Å². The Hall–Kier alpha value is -3.20. The van der Waals surface area contributed by atoms with Gasteiger partial charge in [0.05, 0.1) is 23.5 Å². The molecule has 1 N–H and O–H groups in total. The van der Waals surface area contributed by atoms with Crippen LogP contribution < -0.4 is 5.32 Å². The highest BCUT2D eigenvalue weighted by Crippen LogP contribution is 2.35. The van der Waals surface area contributed by atoms with Gasteiger partial charge in [0.25, 0.3) is 0 Å². The number of hydrogen-bond donors (Lipinski definition) is 1. The van der Waals surface area contributed by atoms with Gasteiger partial charge in [-0.25, -0.2) is 9.67 Å². The number of rotatable bonds is 5. The number of hydrogen-bond acceptors (Lipinski definition) is 4. The highest BCUT2D eigenvalue weighted by atomic mass is 19.4. The van der Waals surface area contributed by atoms with E-state index in [1.807, 2.05) is 24.1 Å². The molecule has 1 aromatic heterocycles. The molecule has 0 fully saturated rings. The van der Waals surface area contributed by atoms with Crippen molar-refractivity contribution in [3.05, 3.63) is 71.8 Å². The quantitative estimate of drug-likeness (QED) is 0.688. The van der Waals surface area contributed by atoms with Crippen LogP contribution in [-0.4, -0.2) is 39.2 Å². The van der Waals surface area contributed by atoms with Gasteiger partial charge < -0.3 is 5.32 Å². The Balaban J connectivity index is 1.54. The first-order valence-corrected chi connectivity index (χ1v) is 9.47. The van der Waals surface area contributed by atoms with E-state index < -0.39 is 17.6 Å². The van der Waals surface area contributed by atoms with E-state index in [0.29, 0.717) is 5.69 Å². The molecule has 0 spiro atoms. The van der Waals surface area contributed by atoms with Crippen molar-refractivity contribution in [1.29, 1.82) is 0 Å². The minimum atomic E-state index is -4.52. The summed E-state index contributed by atoms with van der Waals surface area (Å²) in [5.74, 6) is -0.400. The van der Waals surface area contributed by atoms with Crippen LogP contribution in [0.5, 0.6) is 0 Å². The summed E-state index contributed by atoms with van der Waals surface area (Å²) in [5, 5.41) is 6.58. The van der Waals surface area contributed by atoms with Crippen LogP contribution in [0, 0.1) is 0 Å². The smallest absolute Gasteiger partial charge is 0.323 e. The fraction of sp³-hybridized carbons (Fsp3) is 0.286. The molecule has 1 aliphatic rings. The van der Waals surface area contributed by atoms with E-state index in [9.17, 15) is 18.0 Å². The number of nitrogens with zero attached hydrogens (tertiary/aromatic N) is 4. The van der Waals surface area contributed by atoms with Crippen molar-refractivity contribution in [3.8, 4) is 5.69 Å². The van der Waals surface area contributed by atoms with Gasteiger partial charge in [0, 0.05) is 6.04 Å². The van der Waals surface area contributed by atoms with E-state index >= 15 is 0 Å². The monoisotopic (exact) mass is 415 g/mol. The van der Waals surface area contributed by atoms with Gasteiger partial charge in [-0.05, 0) is 49.2 Å².